The summed E-state index contributed by atoms with van der Waals surface area (Å²) in [5.74, 6) is -1.80. The number of rotatable bonds is 4. The third kappa shape index (κ3) is 3.50. The largest absolute Gasteiger partial charge is 0.453 e. The molecule has 1 aliphatic carbocycles. The first-order valence-corrected chi connectivity index (χ1v) is 9.16. The van der Waals surface area contributed by atoms with Crippen molar-refractivity contribution in [1.29, 1.82) is 0 Å². The Morgan fingerprint density at radius 2 is 1.88 bits per heavy atom. The lowest BCUT2D eigenvalue weighted by atomic mass is 10.1. The summed E-state index contributed by atoms with van der Waals surface area (Å²) >= 11 is 6.15. The second-order valence-electron chi connectivity index (χ2n) is 6.09. The van der Waals surface area contributed by atoms with Crippen molar-refractivity contribution in [2.45, 2.75) is 29.8 Å². The molecule has 6 nitrogen and oxygen atoms in total. The standard InChI is InChI=1S/C14H13ClF4N4O2S/c1-22(2)13-20-12(14(16,17)18)21-23(13)10-6-11(26(19,24)25)8(5-9(10)15)7-3-4-7/h5-7H,3-4H2,1-2H3. The van der Waals surface area contributed by atoms with Crippen LogP contribution in [0.4, 0.5) is 23.0 Å². The second-order valence-corrected chi connectivity index (χ2v) is 7.82. The summed E-state index contributed by atoms with van der Waals surface area (Å²) in [5.41, 5.74) is 0.00260. The van der Waals surface area contributed by atoms with E-state index in [9.17, 15) is 25.5 Å². The molecule has 142 valence electrons. The molecule has 2 aromatic rings. The molecule has 0 N–H and O–H groups in total. The number of halogens is 5. The number of hydrogen-bond donors (Lipinski definition) is 0. The van der Waals surface area contributed by atoms with Crippen molar-refractivity contribution in [3.05, 3.63) is 28.5 Å². The molecule has 0 bridgehead atoms. The molecule has 0 aliphatic heterocycles. The average molecular weight is 413 g/mol. The van der Waals surface area contributed by atoms with E-state index in [-0.39, 0.29) is 28.1 Å². The number of anilines is 1. The van der Waals surface area contributed by atoms with Gasteiger partial charge in [0.15, 0.2) is 0 Å². The molecule has 0 radical (unpaired) electrons. The highest BCUT2D eigenvalue weighted by atomic mass is 35.5. The number of alkyl halides is 3. The van der Waals surface area contributed by atoms with Gasteiger partial charge in [0.05, 0.1) is 10.7 Å². The van der Waals surface area contributed by atoms with Crippen molar-refractivity contribution in [1.82, 2.24) is 14.8 Å². The van der Waals surface area contributed by atoms with Gasteiger partial charge in [0.1, 0.15) is 4.90 Å². The molecule has 1 aromatic heterocycles. The third-order valence-corrected chi connectivity index (χ3v) is 5.01. The van der Waals surface area contributed by atoms with Gasteiger partial charge in [-0.15, -0.1) is 8.98 Å². The first-order valence-electron chi connectivity index (χ1n) is 7.39. The van der Waals surface area contributed by atoms with Crippen LogP contribution >= 0.6 is 11.6 Å². The zero-order valence-corrected chi connectivity index (χ0v) is 15.1. The fraction of sp³-hybridized carbons (Fsp3) is 0.429. The quantitative estimate of drug-likeness (QED) is 0.567. The third-order valence-electron chi connectivity index (χ3n) is 3.83. The van der Waals surface area contributed by atoms with Crippen LogP contribution in [0.5, 0.6) is 0 Å². The zero-order valence-electron chi connectivity index (χ0n) is 13.5. The summed E-state index contributed by atoms with van der Waals surface area (Å²) in [6.07, 6.45) is -3.45. The molecule has 1 saturated carbocycles. The fourth-order valence-corrected chi connectivity index (χ4v) is 3.53. The van der Waals surface area contributed by atoms with Gasteiger partial charge < -0.3 is 4.90 Å². The topological polar surface area (TPSA) is 68.1 Å². The molecule has 0 atom stereocenters. The highest BCUT2D eigenvalue weighted by molar-refractivity contribution is 7.86. The Hall–Kier alpha value is -1.88. The van der Waals surface area contributed by atoms with Crippen LogP contribution in [0.3, 0.4) is 0 Å². The van der Waals surface area contributed by atoms with Gasteiger partial charge >= 0.3 is 16.4 Å². The molecule has 12 heteroatoms. The van der Waals surface area contributed by atoms with E-state index < -0.39 is 27.1 Å². The molecule has 0 amide bonds. The Kier molecular flexibility index (Phi) is 4.42. The van der Waals surface area contributed by atoms with Crippen LogP contribution in [0, 0.1) is 0 Å². The first kappa shape index (κ1) is 18.9. The lowest BCUT2D eigenvalue weighted by molar-refractivity contribution is -0.144. The first-order chi connectivity index (χ1) is 11.9. The van der Waals surface area contributed by atoms with Crippen molar-refractivity contribution in [3.63, 3.8) is 0 Å². The maximum atomic E-state index is 13.7. The van der Waals surface area contributed by atoms with E-state index in [4.69, 9.17) is 11.6 Å². The number of hydrogen-bond acceptors (Lipinski definition) is 5. The fourth-order valence-electron chi connectivity index (χ4n) is 2.52. The van der Waals surface area contributed by atoms with E-state index in [0.717, 1.165) is 10.7 Å². The molecule has 0 saturated heterocycles. The van der Waals surface area contributed by atoms with E-state index in [1.54, 1.807) is 0 Å². The molecule has 0 unspecified atom stereocenters. The summed E-state index contributed by atoms with van der Waals surface area (Å²) in [7, 11) is -2.24. The summed E-state index contributed by atoms with van der Waals surface area (Å²) < 4.78 is 76.4. The molecule has 3 rings (SSSR count). The predicted octanol–water partition coefficient (Wildman–Crippen LogP) is 3.54. The monoisotopic (exact) mass is 412 g/mol. The zero-order chi connectivity index (χ0) is 19.4. The van der Waals surface area contributed by atoms with E-state index in [0.29, 0.717) is 12.8 Å². The molecule has 1 aromatic carbocycles. The molecular weight excluding hydrogens is 400 g/mol. The highest BCUT2D eigenvalue weighted by Gasteiger charge is 2.38. The molecule has 1 aliphatic rings. The van der Waals surface area contributed by atoms with Gasteiger partial charge in [0.2, 0.25) is 5.95 Å². The summed E-state index contributed by atoms with van der Waals surface area (Å²) in [4.78, 5) is 4.04. The van der Waals surface area contributed by atoms with Gasteiger partial charge in [-0.1, -0.05) is 11.6 Å². The maximum absolute atomic E-state index is 13.7. The van der Waals surface area contributed by atoms with Crippen LogP contribution in [-0.4, -0.2) is 37.3 Å². The molecular formula is C14H13ClF4N4O2S. The minimum absolute atomic E-state index is 0.0546. The van der Waals surface area contributed by atoms with E-state index in [1.165, 1.54) is 25.1 Å². The smallest absolute Gasteiger partial charge is 0.347 e. The SMILES string of the molecule is CN(C)c1nc(C(F)(F)F)nn1-c1cc(S(=O)(=O)F)c(C2CC2)cc1Cl. The highest BCUT2D eigenvalue weighted by Crippen LogP contribution is 2.45. The van der Waals surface area contributed by atoms with Crippen molar-refractivity contribution < 1.29 is 25.5 Å². The van der Waals surface area contributed by atoms with Crippen LogP contribution in [-0.2, 0) is 16.4 Å². The lowest BCUT2D eigenvalue weighted by Gasteiger charge is -2.15. The second kappa shape index (κ2) is 6.08. The average Bonchev–Trinajstić information content (AvgIpc) is 3.22. The van der Waals surface area contributed by atoms with Crippen molar-refractivity contribution >= 4 is 27.8 Å². The van der Waals surface area contributed by atoms with Crippen LogP contribution in [0.1, 0.15) is 30.1 Å². The van der Waals surface area contributed by atoms with Crippen molar-refractivity contribution in [3.8, 4) is 5.69 Å². The van der Waals surface area contributed by atoms with Gasteiger partial charge in [-0.2, -0.15) is 31.3 Å². The van der Waals surface area contributed by atoms with Crippen molar-refractivity contribution in [2.75, 3.05) is 19.0 Å². The van der Waals surface area contributed by atoms with Gasteiger partial charge in [-0.3, -0.25) is 0 Å². The van der Waals surface area contributed by atoms with Gasteiger partial charge in [-0.25, -0.2) is 0 Å². The minimum atomic E-state index is -5.10. The summed E-state index contributed by atoms with van der Waals surface area (Å²) in [6.45, 7) is 0. The molecule has 1 fully saturated rings. The predicted molar refractivity (Wildman–Crippen MR) is 86.0 cm³/mol. The Balaban J connectivity index is 2.26. The van der Waals surface area contributed by atoms with Crippen LogP contribution < -0.4 is 4.90 Å². The van der Waals surface area contributed by atoms with Crippen LogP contribution in [0.2, 0.25) is 5.02 Å². The van der Waals surface area contributed by atoms with Gasteiger partial charge in [-0.05, 0) is 36.5 Å². The summed E-state index contributed by atoms with van der Waals surface area (Å²) in [6, 6.07) is 2.16. The number of aromatic nitrogens is 3. The van der Waals surface area contributed by atoms with E-state index in [2.05, 4.69) is 10.1 Å². The molecule has 0 spiro atoms. The van der Waals surface area contributed by atoms with Crippen LogP contribution in [0.25, 0.3) is 5.69 Å². The van der Waals surface area contributed by atoms with E-state index >= 15 is 0 Å². The Morgan fingerprint density at radius 3 is 2.35 bits per heavy atom. The van der Waals surface area contributed by atoms with Gasteiger partial charge in [0, 0.05) is 14.1 Å². The Bertz CT molecular complexity index is 968. The lowest BCUT2D eigenvalue weighted by Crippen LogP contribution is -2.16. The number of benzene rings is 1. The maximum Gasteiger partial charge on any atom is 0.453 e. The molecule has 1 heterocycles. The van der Waals surface area contributed by atoms with Crippen molar-refractivity contribution in [2.24, 2.45) is 0 Å². The molecule has 26 heavy (non-hydrogen) atoms. The number of nitrogens with zero attached hydrogens (tertiary/aromatic N) is 4. The minimum Gasteiger partial charge on any atom is -0.347 e. The summed E-state index contributed by atoms with van der Waals surface area (Å²) in [5, 5.41) is 3.33. The van der Waals surface area contributed by atoms with Gasteiger partial charge in [0.25, 0.3) is 5.82 Å². The van der Waals surface area contributed by atoms with E-state index in [1.807, 2.05) is 0 Å². The van der Waals surface area contributed by atoms with Crippen LogP contribution in [0.15, 0.2) is 17.0 Å². The Labute approximate surface area is 151 Å². The normalized spacial score (nSPS) is 15.3. The Morgan fingerprint density at radius 1 is 1.27 bits per heavy atom.